The van der Waals surface area contributed by atoms with Crippen molar-refractivity contribution in [2.24, 2.45) is 0 Å². The lowest BCUT2D eigenvalue weighted by molar-refractivity contribution is 0.632. The molecule has 0 saturated carbocycles. The Labute approximate surface area is 534 Å². The first-order valence-electron chi connectivity index (χ1n) is 31.2. The summed E-state index contributed by atoms with van der Waals surface area (Å²) in [7, 11) is 0. The summed E-state index contributed by atoms with van der Waals surface area (Å²) >= 11 is 0. The molecular formula is C88H58F2N2. The summed E-state index contributed by atoms with van der Waals surface area (Å²) < 4.78 is 39.0. The standard InChI is InChI=1S/C88H58F2N2/c89-85-75(71-43-23-19-39-67(71)59-27-7-1-8-28-59)53-55-77(73-45-25-21-41-69(73)61-31-11-3-12-32-61)87(85)91(65-35-15-5-16-36-65)81-57-49-63-48-52-80-82(58-50-64-47-51-79(81)83(63)84(64)80)92(66-37-17-6-18-38-66)88-78(74-46-26-22-42-70(74)62-33-13-4-14-34-62)56-54-76(86(88)90)72-44-24-20-40-68(72)60-29-9-2-10-30-60/h1-58H. The second kappa shape index (κ2) is 23.8. The fourth-order valence-electron chi connectivity index (χ4n) is 13.9. The van der Waals surface area contributed by atoms with Crippen LogP contribution < -0.4 is 9.80 Å². The maximum Gasteiger partial charge on any atom is 0.155 e. The number of halogens is 2. The zero-order valence-corrected chi connectivity index (χ0v) is 50.1. The molecule has 0 aliphatic heterocycles. The molecule has 0 atom stereocenters. The van der Waals surface area contributed by atoms with Gasteiger partial charge in [-0.1, -0.05) is 315 Å². The zero-order valence-electron chi connectivity index (χ0n) is 50.1. The molecule has 0 saturated heterocycles. The average Bonchev–Trinajstić information content (AvgIpc) is 0.758. The van der Waals surface area contributed by atoms with Crippen molar-refractivity contribution >= 4 is 66.4 Å². The number of para-hydroxylation sites is 2. The summed E-state index contributed by atoms with van der Waals surface area (Å²) in [6, 6.07) is 120. The van der Waals surface area contributed by atoms with Crippen molar-refractivity contribution in [2.75, 3.05) is 9.80 Å². The van der Waals surface area contributed by atoms with E-state index in [9.17, 15) is 0 Å². The molecule has 0 spiro atoms. The minimum Gasteiger partial charge on any atom is -0.307 e. The highest BCUT2D eigenvalue weighted by molar-refractivity contribution is 6.28. The molecule has 0 bridgehead atoms. The highest BCUT2D eigenvalue weighted by Crippen LogP contribution is 2.54. The third-order valence-electron chi connectivity index (χ3n) is 18.0. The van der Waals surface area contributed by atoms with Gasteiger partial charge in [0, 0.05) is 44.4 Å². The van der Waals surface area contributed by atoms with E-state index in [0.717, 1.165) is 133 Å². The van der Waals surface area contributed by atoms with E-state index in [2.05, 4.69) is 192 Å². The van der Waals surface area contributed by atoms with E-state index in [0.29, 0.717) is 22.5 Å². The Morgan fingerprint density at radius 3 is 0.728 bits per heavy atom. The molecular weight excluding hydrogens is 1120 g/mol. The molecule has 0 fully saturated rings. The molecule has 0 heterocycles. The van der Waals surface area contributed by atoms with Gasteiger partial charge in [0.1, 0.15) is 0 Å². The Kier molecular flexibility index (Phi) is 14.3. The maximum absolute atomic E-state index is 19.5. The monoisotopic (exact) mass is 1180 g/mol. The molecule has 2 nitrogen and oxygen atoms in total. The molecule has 0 radical (unpaired) electrons. The maximum atomic E-state index is 19.5. The quantitative estimate of drug-likeness (QED) is 0.100. The van der Waals surface area contributed by atoms with Gasteiger partial charge in [0.2, 0.25) is 0 Å². The Morgan fingerprint density at radius 1 is 0.185 bits per heavy atom. The van der Waals surface area contributed by atoms with E-state index in [1.165, 1.54) is 0 Å². The van der Waals surface area contributed by atoms with Crippen molar-refractivity contribution < 1.29 is 8.78 Å². The predicted molar refractivity (Wildman–Crippen MR) is 383 cm³/mol. The fraction of sp³-hybridized carbons (Fsp3) is 0. The van der Waals surface area contributed by atoms with Gasteiger partial charge >= 0.3 is 0 Å². The minimum absolute atomic E-state index is 0.357. The summed E-state index contributed by atoms with van der Waals surface area (Å²) in [5, 5.41) is 5.89. The number of hydrogen-bond acceptors (Lipinski definition) is 2. The van der Waals surface area contributed by atoms with E-state index in [4.69, 9.17) is 0 Å². The molecule has 4 heteroatoms. The Hall–Kier alpha value is -12.0. The van der Waals surface area contributed by atoms with Crippen LogP contribution in [0, 0.1) is 11.6 Å². The third-order valence-corrected chi connectivity index (χ3v) is 18.0. The van der Waals surface area contributed by atoms with Gasteiger partial charge in [-0.2, -0.15) is 0 Å². The van der Waals surface area contributed by atoms with E-state index in [1.54, 1.807) is 0 Å². The van der Waals surface area contributed by atoms with E-state index in [1.807, 2.05) is 170 Å². The van der Waals surface area contributed by atoms with Crippen LogP contribution in [-0.4, -0.2) is 0 Å². The van der Waals surface area contributed by atoms with Crippen LogP contribution in [0.25, 0.3) is 121 Å². The molecule has 0 aromatic heterocycles. The first-order chi connectivity index (χ1) is 45.6. The van der Waals surface area contributed by atoms with Crippen molar-refractivity contribution in [1.82, 2.24) is 0 Å². The Morgan fingerprint density at radius 2 is 0.424 bits per heavy atom. The van der Waals surface area contributed by atoms with Crippen LogP contribution in [0.4, 0.5) is 42.9 Å². The van der Waals surface area contributed by atoms with Gasteiger partial charge in [0.05, 0.1) is 22.7 Å². The third kappa shape index (κ3) is 9.74. The normalized spacial score (nSPS) is 11.4. The number of nitrogens with zero attached hydrogens (tertiary/aromatic N) is 2. The van der Waals surface area contributed by atoms with Crippen molar-refractivity contribution in [3.8, 4) is 89.0 Å². The molecule has 16 aromatic rings. The Bertz CT molecular complexity index is 5010. The highest BCUT2D eigenvalue weighted by Gasteiger charge is 2.31. The van der Waals surface area contributed by atoms with Crippen LogP contribution in [0.1, 0.15) is 0 Å². The molecule has 16 rings (SSSR count). The van der Waals surface area contributed by atoms with Gasteiger partial charge in [-0.15, -0.1) is 0 Å². The van der Waals surface area contributed by atoms with Crippen LogP contribution in [0.15, 0.2) is 352 Å². The summed E-state index contributed by atoms with van der Waals surface area (Å²) in [6.45, 7) is 0. The van der Waals surface area contributed by atoms with Crippen molar-refractivity contribution in [1.29, 1.82) is 0 Å². The smallest absolute Gasteiger partial charge is 0.155 e. The lowest BCUT2D eigenvalue weighted by atomic mass is 9.88. The van der Waals surface area contributed by atoms with Gasteiger partial charge < -0.3 is 9.80 Å². The summed E-state index contributed by atoms with van der Waals surface area (Å²) in [5.74, 6) is -0.714. The van der Waals surface area contributed by atoms with Gasteiger partial charge in [0.15, 0.2) is 11.6 Å². The lowest BCUT2D eigenvalue weighted by Crippen LogP contribution is -2.15. The number of anilines is 6. The molecule has 16 aromatic carbocycles. The molecule has 92 heavy (non-hydrogen) atoms. The van der Waals surface area contributed by atoms with E-state index < -0.39 is 0 Å². The number of rotatable bonds is 14. The fourth-order valence-corrected chi connectivity index (χ4v) is 13.9. The van der Waals surface area contributed by atoms with E-state index in [-0.39, 0.29) is 11.6 Å². The van der Waals surface area contributed by atoms with Crippen LogP contribution >= 0.6 is 0 Å². The van der Waals surface area contributed by atoms with Crippen LogP contribution in [0.3, 0.4) is 0 Å². The molecule has 0 amide bonds. The second-order valence-electron chi connectivity index (χ2n) is 23.2. The van der Waals surface area contributed by atoms with Crippen LogP contribution in [0.2, 0.25) is 0 Å². The van der Waals surface area contributed by atoms with Gasteiger partial charge in [0.25, 0.3) is 0 Å². The first kappa shape index (κ1) is 55.3. The zero-order chi connectivity index (χ0) is 61.5. The van der Waals surface area contributed by atoms with Gasteiger partial charge in [-0.25, -0.2) is 8.78 Å². The van der Waals surface area contributed by atoms with Crippen molar-refractivity contribution in [3.63, 3.8) is 0 Å². The molecule has 434 valence electrons. The number of hydrogen-bond donors (Lipinski definition) is 0. The predicted octanol–water partition coefficient (Wildman–Crippen LogP) is 25.1. The Balaban J connectivity index is 0.967. The second-order valence-corrected chi connectivity index (χ2v) is 23.2. The highest BCUT2D eigenvalue weighted by atomic mass is 19.1. The SMILES string of the molecule is Fc1c(-c2ccccc2-c2ccccc2)ccc(-c2ccccc2-c2ccccc2)c1N(c1ccccc1)c1ccc2ccc3c(N(c4ccccc4)c4c(-c5ccccc5-c5ccccc5)ccc(-c5ccccc5-c5ccccc5)c4F)ccc4ccc1c2c43. The molecule has 0 N–H and O–H groups in total. The molecule has 0 aliphatic rings. The van der Waals surface area contributed by atoms with E-state index >= 15 is 8.78 Å². The summed E-state index contributed by atoms with van der Waals surface area (Å²) in [6.07, 6.45) is 0. The molecule has 0 aliphatic carbocycles. The first-order valence-corrected chi connectivity index (χ1v) is 31.2. The van der Waals surface area contributed by atoms with Crippen molar-refractivity contribution in [2.45, 2.75) is 0 Å². The largest absolute Gasteiger partial charge is 0.307 e. The van der Waals surface area contributed by atoms with Crippen molar-refractivity contribution in [3.05, 3.63) is 363 Å². The number of benzene rings is 16. The lowest BCUT2D eigenvalue weighted by Gasteiger charge is -2.32. The van der Waals surface area contributed by atoms with Gasteiger partial charge in [-0.05, 0) is 125 Å². The minimum atomic E-state index is -0.357. The van der Waals surface area contributed by atoms with Crippen LogP contribution in [0.5, 0.6) is 0 Å². The average molecular weight is 1180 g/mol. The topological polar surface area (TPSA) is 6.48 Å². The summed E-state index contributed by atoms with van der Waals surface area (Å²) in [4.78, 5) is 4.27. The van der Waals surface area contributed by atoms with Crippen LogP contribution in [-0.2, 0) is 0 Å². The summed E-state index contributed by atoms with van der Waals surface area (Å²) in [5.41, 5.74) is 17.7. The van der Waals surface area contributed by atoms with Gasteiger partial charge in [-0.3, -0.25) is 0 Å². The molecule has 0 unspecified atom stereocenters.